The van der Waals surface area contributed by atoms with Crippen molar-refractivity contribution in [3.8, 4) is 5.75 Å². The van der Waals surface area contributed by atoms with Gasteiger partial charge in [0.15, 0.2) is 5.96 Å². The van der Waals surface area contributed by atoms with Crippen LogP contribution >= 0.6 is 0 Å². The number of aliphatic imine (C=N–C) groups is 1. The van der Waals surface area contributed by atoms with E-state index in [0.717, 1.165) is 18.7 Å². The summed E-state index contributed by atoms with van der Waals surface area (Å²) >= 11 is 0. The van der Waals surface area contributed by atoms with Gasteiger partial charge in [-0.3, -0.25) is 9.89 Å². The van der Waals surface area contributed by atoms with Crippen molar-refractivity contribution in [2.45, 2.75) is 52.7 Å². The Morgan fingerprint density at radius 2 is 1.85 bits per heavy atom. The first kappa shape index (κ1) is 22.2. The fraction of sp³-hybridized carbons (Fsp3) is 0.632. The highest BCUT2D eigenvalue weighted by Crippen LogP contribution is 2.14. The van der Waals surface area contributed by atoms with Crippen LogP contribution < -0.4 is 15.4 Å². The monoisotopic (exact) mass is 370 g/mol. The quantitative estimate of drug-likeness (QED) is 0.491. The van der Waals surface area contributed by atoms with E-state index in [-0.39, 0.29) is 0 Å². The fourth-order valence-electron chi connectivity index (χ4n) is 2.73. The summed E-state index contributed by atoms with van der Waals surface area (Å²) in [5, 5.41) is 6.53. The molecule has 0 amide bonds. The second-order valence-corrected chi connectivity index (χ2v) is 6.63. The first-order valence-electron chi connectivity index (χ1n) is 9.03. The molecule has 0 unspecified atom stereocenters. The average molecular weight is 370 g/mol. The predicted molar refractivity (Wildman–Crippen MR) is 103 cm³/mol. The van der Waals surface area contributed by atoms with Crippen LogP contribution in [0.2, 0.25) is 0 Å². The highest BCUT2D eigenvalue weighted by atomic mass is 19.3. The van der Waals surface area contributed by atoms with Crippen LogP contribution in [0.15, 0.2) is 29.3 Å². The Kier molecular flexibility index (Phi) is 9.95. The maximum atomic E-state index is 12.2. The number of nitrogens with zero attached hydrogens (tertiary/aromatic N) is 2. The van der Waals surface area contributed by atoms with Gasteiger partial charge in [0.2, 0.25) is 0 Å². The molecule has 26 heavy (non-hydrogen) atoms. The van der Waals surface area contributed by atoms with E-state index in [9.17, 15) is 8.78 Å². The number of alkyl halides is 2. The van der Waals surface area contributed by atoms with Crippen molar-refractivity contribution in [2.24, 2.45) is 4.99 Å². The Bertz CT molecular complexity index is 542. The number of hydrogen-bond acceptors (Lipinski definition) is 3. The number of rotatable bonds is 10. The summed E-state index contributed by atoms with van der Waals surface area (Å²) in [6, 6.07) is 8.10. The first-order valence-corrected chi connectivity index (χ1v) is 9.03. The maximum Gasteiger partial charge on any atom is 0.272 e. The van der Waals surface area contributed by atoms with E-state index in [2.05, 4.69) is 48.2 Å². The molecule has 0 aromatic heterocycles. The minimum atomic E-state index is -2.48. The third-order valence-electron chi connectivity index (χ3n) is 3.95. The normalized spacial score (nSPS) is 12.3. The smallest absolute Gasteiger partial charge is 0.272 e. The number of nitrogens with one attached hydrogen (secondary N) is 2. The Morgan fingerprint density at radius 3 is 2.42 bits per heavy atom. The van der Waals surface area contributed by atoms with E-state index in [0.29, 0.717) is 30.3 Å². The van der Waals surface area contributed by atoms with E-state index in [1.165, 1.54) is 0 Å². The SMILES string of the molecule is CN=C(NCCN(C(C)C)C(C)C)NCc1cccc(OCC(F)F)c1. The van der Waals surface area contributed by atoms with Gasteiger partial charge >= 0.3 is 0 Å². The van der Waals surface area contributed by atoms with Crippen LogP contribution in [0.4, 0.5) is 8.78 Å². The molecule has 0 bridgehead atoms. The molecule has 0 spiro atoms. The molecule has 0 radical (unpaired) electrons. The topological polar surface area (TPSA) is 48.9 Å². The molecule has 1 aromatic carbocycles. The highest BCUT2D eigenvalue weighted by molar-refractivity contribution is 5.79. The lowest BCUT2D eigenvalue weighted by Gasteiger charge is -2.30. The Balaban J connectivity index is 2.45. The van der Waals surface area contributed by atoms with Crippen LogP contribution in [-0.2, 0) is 6.54 Å². The van der Waals surface area contributed by atoms with Crippen molar-refractivity contribution in [3.05, 3.63) is 29.8 Å². The number of benzene rings is 1. The molecule has 2 N–H and O–H groups in total. The summed E-state index contributed by atoms with van der Waals surface area (Å²) in [7, 11) is 1.72. The standard InChI is InChI=1S/C19H32F2N4O/c1-14(2)25(15(3)4)10-9-23-19(22-5)24-12-16-7-6-8-17(11-16)26-13-18(20)21/h6-8,11,14-15,18H,9-10,12-13H2,1-5H3,(H2,22,23,24). The van der Waals surface area contributed by atoms with Gasteiger partial charge in [-0.1, -0.05) is 12.1 Å². The summed E-state index contributed by atoms with van der Waals surface area (Å²) in [6.07, 6.45) is -2.48. The molecular formula is C19H32F2N4O. The van der Waals surface area contributed by atoms with E-state index in [1.54, 1.807) is 25.2 Å². The van der Waals surface area contributed by atoms with Gasteiger partial charge in [-0.25, -0.2) is 8.78 Å². The Labute approximate surface area is 155 Å². The van der Waals surface area contributed by atoms with Crippen LogP contribution in [0, 0.1) is 0 Å². The zero-order valence-corrected chi connectivity index (χ0v) is 16.4. The largest absolute Gasteiger partial charge is 0.488 e. The lowest BCUT2D eigenvalue weighted by molar-refractivity contribution is 0.0818. The number of guanidine groups is 1. The van der Waals surface area contributed by atoms with Gasteiger partial charge in [-0.15, -0.1) is 0 Å². The van der Waals surface area contributed by atoms with Crippen LogP contribution in [0.25, 0.3) is 0 Å². The molecule has 0 atom stereocenters. The average Bonchev–Trinajstić information content (AvgIpc) is 2.59. The van der Waals surface area contributed by atoms with Crippen molar-refractivity contribution < 1.29 is 13.5 Å². The minimum Gasteiger partial charge on any atom is -0.488 e. The maximum absolute atomic E-state index is 12.2. The summed E-state index contributed by atoms with van der Waals surface area (Å²) in [5.41, 5.74) is 0.936. The third-order valence-corrected chi connectivity index (χ3v) is 3.95. The van der Waals surface area contributed by atoms with Crippen molar-refractivity contribution >= 4 is 5.96 Å². The molecule has 7 heteroatoms. The summed E-state index contributed by atoms with van der Waals surface area (Å²) in [4.78, 5) is 6.62. The van der Waals surface area contributed by atoms with Crippen molar-refractivity contribution in [1.29, 1.82) is 0 Å². The fourth-order valence-corrected chi connectivity index (χ4v) is 2.73. The summed E-state index contributed by atoms with van der Waals surface area (Å²) in [5.74, 6) is 1.15. The molecule has 148 valence electrons. The molecule has 0 heterocycles. The molecule has 0 saturated heterocycles. The summed E-state index contributed by atoms with van der Waals surface area (Å²) in [6.45, 7) is 10.4. The van der Waals surface area contributed by atoms with Gasteiger partial charge in [0.05, 0.1) is 0 Å². The van der Waals surface area contributed by atoms with Crippen molar-refractivity contribution in [1.82, 2.24) is 15.5 Å². The van der Waals surface area contributed by atoms with Crippen LogP contribution in [0.5, 0.6) is 5.75 Å². The van der Waals surface area contributed by atoms with Crippen LogP contribution in [0.1, 0.15) is 33.3 Å². The van der Waals surface area contributed by atoms with Gasteiger partial charge in [-0.2, -0.15) is 0 Å². The molecule has 1 aromatic rings. The summed E-state index contributed by atoms with van der Waals surface area (Å²) < 4.78 is 29.5. The molecular weight excluding hydrogens is 338 g/mol. The zero-order valence-electron chi connectivity index (χ0n) is 16.4. The van der Waals surface area contributed by atoms with Crippen LogP contribution in [0.3, 0.4) is 0 Å². The Hall–Kier alpha value is -1.89. The molecule has 0 fully saturated rings. The number of hydrogen-bond donors (Lipinski definition) is 2. The molecule has 0 aliphatic heterocycles. The zero-order chi connectivity index (χ0) is 19.5. The molecule has 0 aliphatic carbocycles. The van der Waals surface area contributed by atoms with E-state index in [4.69, 9.17) is 4.74 Å². The third kappa shape index (κ3) is 8.47. The second-order valence-electron chi connectivity index (χ2n) is 6.63. The molecule has 5 nitrogen and oxygen atoms in total. The lowest BCUT2D eigenvalue weighted by Crippen LogP contribution is -2.45. The highest BCUT2D eigenvalue weighted by Gasteiger charge is 2.12. The van der Waals surface area contributed by atoms with E-state index in [1.807, 2.05) is 6.07 Å². The molecule has 0 saturated carbocycles. The van der Waals surface area contributed by atoms with Crippen molar-refractivity contribution in [2.75, 3.05) is 26.7 Å². The number of ether oxygens (including phenoxy) is 1. The Morgan fingerprint density at radius 1 is 1.15 bits per heavy atom. The molecule has 1 rings (SSSR count). The van der Waals surface area contributed by atoms with Crippen LogP contribution in [-0.4, -0.2) is 56.1 Å². The predicted octanol–water partition coefficient (Wildman–Crippen LogP) is 3.11. The first-order chi connectivity index (χ1) is 12.3. The van der Waals surface area contributed by atoms with E-state index < -0.39 is 13.0 Å². The molecule has 0 aliphatic rings. The van der Waals surface area contributed by atoms with Gasteiger partial charge in [-0.05, 0) is 45.4 Å². The van der Waals surface area contributed by atoms with Crippen molar-refractivity contribution in [3.63, 3.8) is 0 Å². The van der Waals surface area contributed by atoms with Gasteiger partial charge < -0.3 is 15.4 Å². The van der Waals surface area contributed by atoms with E-state index >= 15 is 0 Å². The van der Waals surface area contributed by atoms with Gasteiger partial charge in [0, 0.05) is 38.8 Å². The number of halogens is 2. The lowest BCUT2D eigenvalue weighted by atomic mass is 10.2. The van der Waals surface area contributed by atoms with Gasteiger partial charge in [0.25, 0.3) is 6.43 Å². The second kappa shape index (κ2) is 11.7. The van der Waals surface area contributed by atoms with Gasteiger partial charge in [0.1, 0.15) is 12.4 Å². The minimum absolute atomic E-state index is 0.442.